The van der Waals surface area contributed by atoms with Gasteiger partial charge in [-0.2, -0.15) is 0 Å². The molecule has 4 unspecified atom stereocenters. The Morgan fingerprint density at radius 3 is 1.74 bits per heavy atom. The molecule has 3 rings (SSSR count). The number of halogens is 6. The predicted molar refractivity (Wildman–Crippen MR) is 93.6 cm³/mol. The highest BCUT2D eigenvalue weighted by molar-refractivity contribution is 6.66. The maximum Gasteiger partial charge on any atom is 0.235 e. The number of hydrogen-bond donors (Lipinski definition) is 0. The monoisotopic (exact) mass is 437 g/mol. The van der Waals surface area contributed by atoms with Crippen LogP contribution in [-0.4, -0.2) is 37.3 Å². The van der Waals surface area contributed by atoms with Crippen LogP contribution in [0.3, 0.4) is 0 Å². The second kappa shape index (κ2) is 5.56. The Balaban J connectivity index is 2.06. The van der Waals surface area contributed by atoms with Crippen LogP contribution >= 0.6 is 69.6 Å². The van der Waals surface area contributed by atoms with Gasteiger partial charge in [0.1, 0.15) is 9.75 Å². The average Bonchev–Trinajstić information content (AvgIpc) is 2.86. The summed E-state index contributed by atoms with van der Waals surface area (Å²) in [5.74, 6) is -2.91. The topological polar surface area (TPSA) is 37.4 Å². The predicted octanol–water partition coefficient (Wildman–Crippen LogP) is 4.62. The number of carbonyl (C=O) groups is 2. The van der Waals surface area contributed by atoms with Crippen LogP contribution in [0.2, 0.25) is 0 Å². The van der Waals surface area contributed by atoms with Crippen molar-refractivity contribution in [2.24, 2.45) is 11.8 Å². The molecule has 2 aliphatic carbocycles. The molecule has 1 heterocycles. The molecule has 0 aromatic rings. The molecule has 1 saturated heterocycles. The van der Waals surface area contributed by atoms with Gasteiger partial charge in [0, 0.05) is 6.54 Å². The van der Waals surface area contributed by atoms with Crippen LogP contribution in [0.1, 0.15) is 26.2 Å². The summed E-state index contributed by atoms with van der Waals surface area (Å²) in [6, 6.07) is 0. The number of likely N-dealkylation sites (tertiary alicyclic amines) is 1. The molecule has 2 amide bonds. The van der Waals surface area contributed by atoms with E-state index in [0.717, 1.165) is 12.8 Å². The van der Waals surface area contributed by atoms with Gasteiger partial charge in [-0.3, -0.25) is 14.5 Å². The van der Waals surface area contributed by atoms with Crippen LogP contribution in [0.25, 0.3) is 0 Å². The Kier molecular flexibility index (Phi) is 4.45. The fourth-order valence-electron chi connectivity index (χ4n) is 3.79. The van der Waals surface area contributed by atoms with Gasteiger partial charge in [0.2, 0.25) is 11.8 Å². The van der Waals surface area contributed by atoms with E-state index in [4.69, 9.17) is 69.6 Å². The Bertz CT molecular complexity index is 589. The van der Waals surface area contributed by atoms with E-state index in [9.17, 15) is 9.59 Å². The summed E-state index contributed by atoms with van der Waals surface area (Å²) in [6.45, 7) is 2.34. The Labute approximate surface area is 164 Å². The summed E-state index contributed by atoms with van der Waals surface area (Å²) in [4.78, 5) is 23.4. The second-order valence-electron chi connectivity index (χ2n) is 6.12. The minimum atomic E-state index is -1.85. The largest absolute Gasteiger partial charge is 0.282 e. The van der Waals surface area contributed by atoms with E-state index >= 15 is 0 Å². The maximum absolute atomic E-state index is 12.8. The molecule has 2 fully saturated rings. The van der Waals surface area contributed by atoms with Crippen molar-refractivity contribution in [1.82, 2.24) is 4.90 Å². The molecule has 0 radical (unpaired) electrons. The Morgan fingerprint density at radius 1 is 0.913 bits per heavy atom. The van der Waals surface area contributed by atoms with Gasteiger partial charge in [0.25, 0.3) is 0 Å². The number of alkyl halides is 4. The lowest BCUT2D eigenvalue weighted by Gasteiger charge is -2.34. The Morgan fingerprint density at radius 2 is 1.35 bits per heavy atom. The lowest BCUT2D eigenvalue weighted by molar-refractivity contribution is -0.140. The van der Waals surface area contributed by atoms with Crippen molar-refractivity contribution in [3.05, 3.63) is 10.1 Å². The fourth-order valence-corrected chi connectivity index (χ4v) is 6.72. The molecule has 4 atom stereocenters. The van der Waals surface area contributed by atoms with E-state index in [1.165, 1.54) is 4.90 Å². The highest BCUT2D eigenvalue weighted by atomic mass is 35.5. The molecular weight excluding hydrogens is 427 g/mol. The van der Waals surface area contributed by atoms with Crippen molar-refractivity contribution in [2.75, 3.05) is 6.54 Å². The number of carbonyl (C=O) groups excluding carboxylic acids is 2. The van der Waals surface area contributed by atoms with E-state index < -0.39 is 37.7 Å². The highest BCUT2D eigenvalue weighted by Gasteiger charge is 2.87. The molecule has 9 heteroatoms. The number of hydrogen-bond acceptors (Lipinski definition) is 2. The summed E-state index contributed by atoms with van der Waals surface area (Å²) in [7, 11) is 0. The smallest absolute Gasteiger partial charge is 0.235 e. The first-order valence-electron chi connectivity index (χ1n) is 7.25. The van der Waals surface area contributed by atoms with Crippen LogP contribution in [0.15, 0.2) is 10.1 Å². The number of imide groups is 1. The average molecular weight is 440 g/mol. The Hall–Kier alpha value is 0.620. The number of fused-ring (bicyclic) bond motifs is 5. The SMILES string of the molecule is CCCCCN1C(=O)C2C(C1=O)C1(Cl)C(Cl)=C(Cl)C2(Cl)C1(Cl)Cl. The molecule has 0 aromatic carbocycles. The highest BCUT2D eigenvalue weighted by Crippen LogP contribution is 2.77. The van der Waals surface area contributed by atoms with Crippen molar-refractivity contribution in [3.8, 4) is 0 Å². The van der Waals surface area contributed by atoms with Gasteiger partial charge in [0.05, 0.1) is 21.9 Å². The lowest BCUT2D eigenvalue weighted by atomic mass is 9.84. The van der Waals surface area contributed by atoms with Crippen molar-refractivity contribution >= 4 is 81.4 Å². The van der Waals surface area contributed by atoms with Crippen molar-refractivity contribution in [2.45, 2.75) is 40.3 Å². The molecule has 1 aliphatic heterocycles. The molecule has 128 valence electrons. The normalized spacial score (nSPS) is 41.3. The van der Waals surface area contributed by atoms with E-state index in [1.807, 2.05) is 6.92 Å². The van der Waals surface area contributed by atoms with Gasteiger partial charge in [-0.1, -0.05) is 66.2 Å². The molecule has 3 aliphatic rings. The summed E-state index contributed by atoms with van der Waals surface area (Å²) in [5.41, 5.74) is 0. The first kappa shape index (κ1) is 18.4. The second-order valence-corrected chi connectivity index (χ2v) is 9.39. The molecule has 0 N–H and O–H groups in total. The number of allylic oxidation sites excluding steroid dienone is 2. The third kappa shape index (κ3) is 1.88. The van der Waals surface area contributed by atoms with Gasteiger partial charge in [-0.25, -0.2) is 0 Å². The molecule has 23 heavy (non-hydrogen) atoms. The van der Waals surface area contributed by atoms with Crippen molar-refractivity contribution in [3.63, 3.8) is 0 Å². The standard InChI is InChI=1S/C14H13Cl6NO2/c1-2-3-4-5-21-10(22)6-7(11(21)23)13(18)9(16)8(15)12(6,17)14(13,19)20/h6-7H,2-5H2,1H3. The molecule has 0 spiro atoms. The van der Waals surface area contributed by atoms with Gasteiger partial charge in [-0.15, -0.1) is 23.2 Å². The van der Waals surface area contributed by atoms with Crippen molar-refractivity contribution < 1.29 is 9.59 Å². The first-order chi connectivity index (χ1) is 10.6. The fraction of sp³-hybridized carbons (Fsp3) is 0.714. The minimum absolute atomic E-state index is 0.0568. The number of nitrogens with zero attached hydrogens (tertiary/aromatic N) is 1. The number of unbranched alkanes of at least 4 members (excludes halogenated alkanes) is 2. The molecule has 0 aromatic heterocycles. The van der Waals surface area contributed by atoms with Crippen LogP contribution in [0, 0.1) is 11.8 Å². The minimum Gasteiger partial charge on any atom is -0.282 e. The van der Waals surface area contributed by atoms with Crippen LogP contribution in [0.5, 0.6) is 0 Å². The zero-order valence-corrected chi connectivity index (χ0v) is 16.6. The zero-order chi connectivity index (χ0) is 17.4. The molecule has 2 bridgehead atoms. The molecule has 3 nitrogen and oxygen atoms in total. The van der Waals surface area contributed by atoms with Crippen molar-refractivity contribution in [1.29, 1.82) is 0 Å². The third-order valence-corrected chi connectivity index (χ3v) is 9.24. The van der Waals surface area contributed by atoms with E-state index in [1.54, 1.807) is 0 Å². The summed E-state index contributed by atoms with van der Waals surface area (Å²) < 4.78 is -1.85. The van der Waals surface area contributed by atoms with Crippen LogP contribution in [0.4, 0.5) is 0 Å². The maximum atomic E-state index is 12.8. The summed E-state index contributed by atoms with van der Waals surface area (Å²) in [6.07, 6.45) is 2.58. The molecular formula is C14H13Cl6NO2. The molecule has 1 saturated carbocycles. The lowest BCUT2D eigenvalue weighted by Crippen LogP contribution is -2.50. The van der Waals surface area contributed by atoms with Crippen LogP contribution in [-0.2, 0) is 9.59 Å². The first-order valence-corrected chi connectivity index (χ1v) is 9.52. The van der Waals surface area contributed by atoms with Gasteiger partial charge in [-0.05, 0) is 6.42 Å². The van der Waals surface area contributed by atoms with Gasteiger partial charge < -0.3 is 0 Å². The van der Waals surface area contributed by atoms with E-state index in [-0.39, 0.29) is 10.1 Å². The van der Waals surface area contributed by atoms with Gasteiger partial charge >= 0.3 is 0 Å². The van der Waals surface area contributed by atoms with E-state index in [2.05, 4.69) is 0 Å². The third-order valence-electron chi connectivity index (χ3n) is 4.99. The van der Waals surface area contributed by atoms with Gasteiger partial charge in [0.15, 0.2) is 4.33 Å². The van der Waals surface area contributed by atoms with E-state index in [0.29, 0.717) is 13.0 Å². The quantitative estimate of drug-likeness (QED) is 0.364. The summed E-state index contributed by atoms with van der Waals surface area (Å²) in [5, 5.41) is -0.114. The number of rotatable bonds is 4. The van der Waals surface area contributed by atoms with Crippen LogP contribution < -0.4 is 0 Å². The zero-order valence-electron chi connectivity index (χ0n) is 12.0. The number of amides is 2. The summed E-state index contributed by atoms with van der Waals surface area (Å²) >= 11 is 38.4.